The summed E-state index contributed by atoms with van der Waals surface area (Å²) in [5.41, 5.74) is 0. The maximum atomic E-state index is 5.50. The van der Waals surface area contributed by atoms with Crippen LogP contribution in [0.5, 0.6) is 0 Å². The summed E-state index contributed by atoms with van der Waals surface area (Å²) < 4.78 is 5.08. The summed E-state index contributed by atoms with van der Waals surface area (Å²) in [4.78, 5) is 3.79. The van der Waals surface area contributed by atoms with Gasteiger partial charge in [-0.2, -0.15) is 0 Å². The number of aromatic nitrogens is 1. The van der Waals surface area contributed by atoms with Crippen LogP contribution in [0.4, 0.5) is 0 Å². The molecule has 1 aromatic rings. The summed E-state index contributed by atoms with van der Waals surface area (Å²) in [7, 11) is 0. The van der Waals surface area contributed by atoms with Crippen LogP contribution in [-0.2, 0) is 6.42 Å². The fraction of sp³-hybridized carbons (Fsp3) is 0.625. The molecule has 1 aromatic heterocycles. The molecular formula is C8H12ClNO. The quantitative estimate of drug-likeness (QED) is 0.655. The van der Waals surface area contributed by atoms with Gasteiger partial charge in [0.25, 0.3) is 5.35 Å². The average Bonchev–Trinajstić information content (AvgIpc) is 2.37. The molecule has 0 bridgehead atoms. The maximum absolute atomic E-state index is 5.50. The Morgan fingerprint density at radius 2 is 2.36 bits per heavy atom. The first-order chi connectivity index (χ1) is 5.33. The molecule has 0 N–H and O–H groups in total. The van der Waals surface area contributed by atoms with Crippen molar-refractivity contribution in [2.24, 2.45) is 0 Å². The van der Waals surface area contributed by atoms with Gasteiger partial charge in [0.15, 0.2) is 0 Å². The fourth-order valence-electron chi connectivity index (χ4n) is 0.948. The highest BCUT2D eigenvalue weighted by atomic mass is 35.5. The molecule has 0 saturated carbocycles. The van der Waals surface area contributed by atoms with Crippen LogP contribution in [0.15, 0.2) is 10.6 Å². The van der Waals surface area contributed by atoms with Crippen molar-refractivity contribution in [2.45, 2.75) is 32.6 Å². The number of halogens is 1. The molecule has 11 heavy (non-hydrogen) atoms. The maximum Gasteiger partial charge on any atom is 0.292 e. The second-order valence-electron chi connectivity index (χ2n) is 2.54. The number of oxazole rings is 1. The van der Waals surface area contributed by atoms with Crippen molar-refractivity contribution < 1.29 is 4.42 Å². The lowest BCUT2D eigenvalue weighted by Crippen LogP contribution is -1.80. The molecule has 0 fully saturated rings. The third-order valence-electron chi connectivity index (χ3n) is 1.55. The van der Waals surface area contributed by atoms with E-state index in [0.717, 1.165) is 18.6 Å². The topological polar surface area (TPSA) is 26.0 Å². The Morgan fingerprint density at radius 3 is 2.91 bits per heavy atom. The number of hydrogen-bond acceptors (Lipinski definition) is 2. The molecule has 1 rings (SSSR count). The summed E-state index contributed by atoms with van der Waals surface area (Å²) >= 11 is 5.50. The van der Waals surface area contributed by atoms with Gasteiger partial charge in [-0.3, -0.25) is 0 Å². The second-order valence-corrected chi connectivity index (χ2v) is 2.86. The zero-order chi connectivity index (χ0) is 8.10. The number of unbranched alkanes of at least 4 members (excludes halogenated alkanes) is 2. The van der Waals surface area contributed by atoms with Gasteiger partial charge in [0.05, 0.1) is 6.20 Å². The molecule has 0 aliphatic rings. The van der Waals surface area contributed by atoms with Crippen molar-refractivity contribution in [3.05, 3.63) is 17.3 Å². The zero-order valence-electron chi connectivity index (χ0n) is 6.64. The highest BCUT2D eigenvalue weighted by Crippen LogP contribution is 2.11. The van der Waals surface area contributed by atoms with E-state index < -0.39 is 0 Å². The summed E-state index contributed by atoms with van der Waals surface area (Å²) in [6, 6.07) is 0. The van der Waals surface area contributed by atoms with Crippen molar-refractivity contribution in [1.82, 2.24) is 4.98 Å². The van der Waals surface area contributed by atoms with E-state index in [9.17, 15) is 0 Å². The van der Waals surface area contributed by atoms with Gasteiger partial charge in [-0.25, -0.2) is 4.98 Å². The van der Waals surface area contributed by atoms with Crippen LogP contribution in [0.2, 0.25) is 5.35 Å². The standard InChI is InChI=1S/C8H12ClNO/c1-2-3-4-5-7-6-10-8(9)11-7/h6H,2-5H2,1H3. The Morgan fingerprint density at radius 1 is 1.55 bits per heavy atom. The van der Waals surface area contributed by atoms with E-state index in [1.165, 1.54) is 12.8 Å². The first-order valence-electron chi connectivity index (χ1n) is 3.93. The summed E-state index contributed by atoms with van der Waals surface area (Å²) in [5.74, 6) is 0.892. The van der Waals surface area contributed by atoms with E-state index in [2.05, 4.69) is 11.9 Å². The van der Waals surface area contributed by atoms with E-state index >= 15 is 0 Å². The van der Waals surface area contributed by atoms with Crippen LogP contribution in [0, 0.1) is 0 Å². The first-order valence-corrected chi connectivity index (χ1v) is 4.31. The summed E-state index contributed by atoms with van der Waals surface area (Å²) in [6.07, 6.45) is 6.26. The molecule has 0 aromatic carbocycles. The van der Waals surface area contributed by atoms with E-state index in [1.807, 2.05) is 0 Å². The molecule has 0 radical (unpaired) electrons. The molecule has 0 aliphatic heterocycles. The van der Waals surface area contributed by atoms with E-state index in [0.29, 0.717) is 0 Å². The van der Waals surface area contributed by atoms with Crippen LogP contribution >= 0.6 is 11.6 Å². The molecule has 1 heterocycles. The van der Waals surface area contributed by atoms with Crippen LogP contribution in [0.25, 0.3) is 0 Å². The van der Waals surface area contributed by atoms with Crippen molar-refractivity contribution in [3.63, 3.8) is 0 Å². The van der Waals surface area contributed by atoms with Gasteiger partial charge in [0.1, 0.15) is 5.76 Å². The van der Waals surface area contributed by atoms with Crippen LogP contribution in [-0.4, -0.2) is 4.98 Å². The SMILES string of the molecule is CCCCCc1cnc(Cl)o1. The minimum Gasteiger partial charge on any atom is -0.433 e. The summed E-state index contributed by atoms with van der Waals surface area (Å²) in [5, 5.41) is 0.247. The van der Waals surface area contributed by atoms with Gasteiger partial charge >= 0.3 is 0 Å². The van der Waals surface area contributed by atoms with E-state index in [4.69, 9.17) is 16.0 Å². The van der Waals surface area contributed by atoms with Gasteiger partial charge in [-0.15, -0.1) is 0 Å². The monoisotopic (exact) mass is 173 g/mol. The van der Waals surface area contributed by atoms with E-state index in [1.54, 1.807) is 6.20 Å². The van der Waals surface area contributed by atoms with Crippen LogP contribution in [0.3, 0.4) is 0 Å². The van der Waals surface area contributed by atoms with Crippen molar-refractivity contribution in [3.8, 4) is 0 Å². The molecule has 3 heteroatoms. The molecule has 0 saturated heterocycles. The largest absolute Gasteiger partial charge is 0.433 e. The predicted molar refractivity (Wildman–Crippen MR) is 44.7 cm³/mol. The van der Waals surface area contributed by atoms with Gasteiger partial charge in [-0.05, 0) is 18.0 Å². The second kappa shape index (κ2) is 4.39. The third kappa shape index (κ3) is 2.93. The van der Waals surface area contributed by atoms with Gasteiger partial charge < -0.3 is 4.42 Å². The predicted octanol–water partition coefficient (Wildman–Crippen LogP) is 3.06. The Bertz CT molecular complexity index is 210. The van der Waals surface area contributed by atoms with Crippen LogP contribution in [0.1, 0.15) is 31.9 Å². The van der Waals surface area contributed by atoms with Gasteiger partial charge in [-0.1, -0.05) is 19.8 Å². The average molecular weight is 174 g/mol. The Hall–Kier alpha value is -0.500. The number of aryl methyl sites for hydroxylation is 1. The minimum atomic E-state index is 0.247. The summed E-state index contributed by atoms with van der Waals surface area (Å²) in [6.45, 7) is 2.17. The van der Waals surface area contributed by atoms with Crippen molar-refractivity contribution in [1.29, 1.82) is 0 Å². The highest BCUT2D eigenvalue weighted by molar-refractivity contribution is 6.27. The fourth-order valence-corrected chi connectivity index (χ4v) is 1.10. The molecule has 0 unspecified atom stereocenters. The number of rotatable bonds is 4. The zero-order valence-corrected chi connectivity index (χ0v) is 7.40. The Labute approximate surface area is 71.6 Å². The third-order valence-corrected chi connectivity index (χ3v) is 1.73. The van der Waals surface area contributed by atoms with E-state index in [-0.39, 0.29) is 5.35 Å². The first kappa shape index (κ1) is 8.60. The van der Waals surface area contributed by atoms with Crippen LogP contribution < -0.4 is 0 Å². The molecular weight excluding hydrogens is 162 g/mol. The molecule has 0 amide bonds. The van der Waals surface area contributed by atoms with Gasteiger partial charge in [0, 0.05) is 6.42 Å². The smallest absolute Gasteiger partial charge is 0.292 e. The molecule has 0 spiro atoms. The van der Waals surface area contributed by atoms with Crippen molar-refractivity contribution in [2.75, 3.05) is 0 Å². The number of hydrogen-bond donors (Lipinski definition) is 0. The molecule has 0 aliphatic carbocycles. The lowest BCUT2D eigenvalue weighted by atomic mass is 10.2. The van der Waals surface area contributed by atoms with Crippen molar-refractivity contribution >= 4 is 11.6 Å². The molecule has 62 valence electrons. The lowest BCUT2D eigenvalue weighted by molar-refractivity contribution is 0.494. The normalized spacial score (nSPS) is 10.4. The Balaban J connectivity index is 2.27. The molecule has 2 nitrogen and oxygen atoms in total. The number of nitrogens with zero attached hydrogens (tertiary/aromatic N) is 1. The molecule has 0 atom stereocenters. The highest BCUT2D eigenvalue weighted by Gasteiger charge is 1.99. The minimum absolute atomic E-state index is 0.247. The lowest BCUT2D eigenvalue weighted by Gasteiger charge is -1.92. The Kier molecular flexibility index (Phi) is 3.43. The van der Waals surface area contributed by atoms with Gasteiger partial charge in [0.2, 0.25) is 0 Å².